The Kier molecular flexibility index (Phi) is 5.55. The number of likely N-dealkylation sites (tertiary alicyclic amines) is 1. The van der Waals surface area contributed by atoms with Crippen molar-refractivity contribution in [2.24, 2.45) is 11.7 Å². The van der Waals surface area contributed by atoms with Gasteiger partial charge < -0.3 is 45.4 Å². The molecule has 1 saturated heterocycles. The van der Waals surface area contributed by atoms with Gasteiger partial charge in [0, 0.05) is 59.4 Å². The highest BCUT2D eigenvalue weighted by molar-refractivity contribution is 6.15. The normalized spacial score (nSPS) is 21.2. The highest BCUT2D eigenvalue weighted by Crippen LogP contribution is 2.67. The third-order valence-electron chi connectivity index (χ3n) is 11.9. The van der Waals surface area contributed by atoms with E-state index in [1.54, 1.807) is 30.0 Å². The number of nitrogens with two attached hydrogens (primary N) is 1. The number of nitrogens with zero attached hydrogens (tertiary/aromatic N) is 3. The number of rotatable bonds is 3. The van der Waals surface area contributed by atoms with E-state index in [1.807, 2.05) is 13.1 Å². The Morgan fingerprint density at radius 3 is 2.24 bits per heavy atom. The van der Waals surface area contributed by atoms with E-state index in [0.29, 0.717) is 64.0 Å². The number of aromatic amines is 3. The third-order valence-corrected chi connectivity index (χ3v) is 11.9. The van der Waals surface area contributed by atoms with Crippen LogP contribution in [0.1, 0.15) is 65.7 Å². The predicted molar refractivity (Wildman–Crippen MR) is 186 cm³/mol. The van der Waals surface area contributed by atoms with Gasteiger partial charge in [0.15, 0.2) is 11.5 Å². The molecule has 6 heterocycles. The zero-order valence-electron chi connectivity index (χ0n) is 28.0. The van der Waals surface area contributed by atoms with Crippen molar-refractivity contribution in [3.05, 3.63) is 75.0 Å². The van der Waals surface area contributed by atoms with Gasteiger partial charge in [-0.3, -0.25) is 19.3 Å². The number of urea groups is 1. The molecule has 258 valence electrons. The highest BCUT2D eigenvalue weighted by Gasteiger charge is 2.68. The van der Waals surface area contributed by atoms with Crippen molar-refractivity contribution in [2.75, 3.05) is 36.5 Å². The van der Waals surface area contributed by atoms with Crippen molar-refractivity contribution in [2.45, 2.75) is 38.5 Å². The van der Waals surface area contributed by atoms with Crippen molar-refractivity contribution in [3.8, 4) is 17.2 Å². The van der Waals surface area contributed by atoms with Crippen LogP contribution in [0.2, 0.25) is 0 Å². The number of piperidine rings is 1. The summed E-state index contributed by atoms with van der Waals surface area (Å²) in [6.07, 6.45) is 5.23. The number of nitrogens with one attached hydrogen (secondary N) is 3. The summed E-state index contributed by atoms with van der Waals surface area (Å²) < 4.78 is 5.51. The number of methoxy groups -OCH3 is 1. The Balaban J connectivity index is 1.02. The van der Waals surface area contributed by atoms with Crippen molar-refractivity contribution in [3.63, 3.8) is 0 Å². The number of aromatic nitrogens is 3. The first-order chi connectivity index (χ1) is 24.5. The SMILES string of the molecule is COc1c(O)c2c(c3cc(C(=O)N4CCc5c4c(O)c(C)c4[nH]c(C(=O)N6C[C@H]7C[C@@]78C6=CC(=O)c6[nH]cc(C)c68)cc54)[nH]c13)CCN2C(N)=O. The molecule has 5 aromatic rings. The van der Waals surface area contributed by atoms with E-state index < -0.39 is 11.9 Å². The fourth-order valence-electron chi connectivity index (χ4n) is 9.57. The number of carbonyl (C=O) groups is 4. The number of carbonyl (C=O) groups excluding carboxylic acids is 4. The summed E-state index contributed by atoms with van der Waals surface area (Å²) in [6.45, 7) is 4.81. The molecule has 2 atom stereocenters. The van der Waals surface area contributed by atoms with E-state index in [0.717, 1.165) is 34.2 Å². The molecule has 51 heavy (non-hydrogen) atoms. The summed E-state index contributed by atoms with van der Waals surface area (Å²) >= 11 is 0. The molecular formula is C37H33N7O7. The summed E-state index contributed by atoms with van der Waals surface area (Å²) in [6, 6.07) is 2.76. The zero-order chi connectivity index (χ0) is 35.4. The second kappa shape index (κ2) is 9.53. The fraction of sp³-hybridized carbons (Fsp3) is 0.297. The maximum atomic E-state index is 14.2. The molecule has 1 spiro atoms. The smallest absolute Gasteiger partial charge is 0.319 e. The number of amides is 4. The summed E-state index contributed by atoms with van der Waals surface area (Å²) in [7, 11) is 1.39. The van der Waals surface area contributed by atoms with Crippen molar-refractivity contribution in [1.29, 1.82) is 0 Å². The molecular weight excluding hydrogens is 654 g/mol. The summed E-state index contributed by atoms with van der Waals surface area (Å²) in [5.41, 5.74) is 12.8. The van der Waals surface area contributed by atoms with Crippen LogP contribution in [-0.2, 0) is 18.3 Å². The van der Waals surface area contributed by atoms with Gasteiger partial charge in [0.2, 0.25) is 5.78 Å². The molecule has 14 nitrogen and oxygen atoms in total. The van der Waals surface area contributed by atoms with Gasteiger partial charge in [0.1, 0.15) is 17.1 Å². The zero-order valence-corrected chi connectivity index (χ0v) is 28.0. The monoisotopic (exact) mass is 687 g/mol. The molecule has 1 saturated carbocycles. The highest BCUT2D eigenvalue weighted by atomic mass is 16.5. The second-order valence-electron chi connectivity index (χ2n) is 14.3. The third kappa shape index (κ3) is 3.51. The number of phenolic OH excluding ortho intramolecular Hbond substituents is 2. The lowest BCUT2D eigenvalue weighted by molar-refractivity contribution is 0.0806. The summed E-state index contributed by atoms with van der Waals surface area (Å²) in [5.74, 6) is -0.762. The first-order valence-electron chi connectivity index (χ1n) is 16.9. The first kappa shape index (κ1) is 29.7. The molecule has 0 bridgehead atoms. The number of aromatic hydroxyl groups is 2. The predicted octanol–water partition coefficient (Wildman–Crippen LogP) is 4.15. The number of fused-ring (bicyclic) bond motifs is 7. The lowest BCUT2D eigenvalue weighted by atomic mass is 9.83. The van der Waals surface area contributed by atoms with Gasteiger partial charge in [-0.2, -0.15) is 0 Å². The van der Waals surface area contributed by atoms with Gasteiger partial charge >= 0.3 is 6.03 Å². The lowest BCUT2D eigenvalue weighted by Crippen LogP contribution is -2.34. The Labute approximate surface area is 289 Å². The molecule has 14 heteroatoms. The van der Waals surface area contributed by atoms with Gasteiger partial charge in [-0.05, 0) is 73.4 Å². The number of anilines is 2. The number of aryl methyl sites for hydroxylation is 2. The van der Waals surface area contributed by atoms with E-state index in [1.165, 1.54) is 16.9 Å². The molecule has 2 aromatic carbocycles. The Hall–Kier alpha value is -6.18. The Morgan fingerprint density at radius 2 is 1.55 bits per heavy atom. The van der Waals surface area contributed by atoms with E-state index in [-0.39, 0.29) is 64.7 Å². The topological polar surface area (TPSA) is 201 Å². The van der Waals surface area contributed by atoms with Gasteiger partial charge in [-0.15, -0.1) is 0 Å². The van der Waals surface area contributed by atoms with Crippen molar-refractivity contribution in [1.82, 2.24) is 19.9 Å². The number of benzene rings is 2. The van der Waals surface area contributed by atoms with E-state index in [4.69, 9.17) is 10.5 Å². The number of allylic oxidation sites excluding steroid dienone is 2. The molecule has 0 radical (unpaired) electrons. The van der Waals surface area contributed by atoms with Crippen LogP contribution < -0.4 is 20.3 Å². The minimum atomic E-state index is -0.703. The van der Waals surface area contributed by atoms with Crippen LogP contribution in [0.5, 0.6) is 17.2 Å². The van der Waals surface area contributed by atoms with Gasteiger partial charge in [0.25, 0.3) is 11.8 Å². The van der Waals surface area contributed by atoms with Crippen LogP contribution in [0.3, 0.4) is 0 Å². The molecule has 2 aliphatic carbocycles. The molecule has 3 aliphatic heterocycles. The molecule has 5 aliphatic rings. The number of phenols is 2. The molecule has 3 aromatic heterocycles. The largest absolute Gasteiger partial charge is 0.505 e. The fourth-order valence-corrected chi connectivity index (χ4v) is 9.57. The molecule has 10 rings (SSSR count). The van der Waals surface area contributed by atoms with Crippen LogP contribution >= 0.6 is 0 Å². The minimum absolute atomic E-state index is 0.0639. The molecule has 7 N–H and O–H groups in total. The number of ether oxygens (including phenoxy) is 1. The van der Waals surface area contributed by atoms with Gasteiger partial charge in [-0.25, -0.2) is 4.79 Å². The average Bonchev–Trinajstić information content (AvgIpc) is 3.83. The number of primary amides is 1. The number of hydrogen-bond donors (Lipinski definition) is 6. The first-order valence-corrected chi connectivity index (χ1v) is 16.9. The van der Waals surface area contributed by atoms with E-state index >= 15 is 0 Å². The second-order valence-corrected chi connectivity index (χ2v) is 14.3. The Morgan fingerprint density at radius 1 is 0.922 bits per heavy atom. The Bertz CT molecular complexity index is 2550. The molecule has 0 unspecified atom stereocenters. The number of hydrogen-bond acceptors (Lipinski definition) is 7. The van der Waals surface area contributed by atoms with Crippen LogP contribution in [0.25, 0.3) is 21.8 Å². The van der Waals surface area contributed by atoms with Crippen LogP contribution in [-0.4, -0.2) is 80.4 Å². The van der Waals surface area contributed by atoms with Crippen LogP contribution in [0.15, 0.2) is 30.1 Å². The quantitative estimate of drug-likeness (QED) is 0.164. The van der Waals surface area contributed by atoms with E-state index in [9.17, 15) is 29.4 Å². The standard InChI is InChI=1S/C37H33N7O7/c1-14-12-39-28-23(45)10-24-37(25(14)28)11-16(37)13-44(24)35(49)22-8-19-17-4-6-42(29(17)31(46)15(2)26(19)40-22)34(48)21-9-20-18-5-7-43(36(38)50)30(18)32(47)33(51-3)27(20)41-21/h8-10,12,16,39-41,46-47H,4-7,11,13H2,1-3H3,(H2,38,50)/t16-,37+/m1/s1. The van der Waals surface area contributed by atoms with Crippen LogP contribution in [0.4, 0.5) is 16.2 Å². The molecule has 2 fully saturated rings. The number of ketones is 1. The van der Waals surface area contributed by atoms with E-state index in [2.05, 4.69) is 15.0 Å². The number of H-pyrrole nitrogens is 3. The summed E-state index contributed by atoms with van der Waals surface area (Å²) in [4.78, 5) is 67.6. The maximum Gasteiger partial charge on any atom is 0.319 e. The van der Waals surface area contributed by atoms with Crippen LogP contribution in [0, 0.1) is 19.8 Å². The maximum absolute atomic E-state index is 14.2. The van der Waals surface area contributed by atoms with Crippen molar-refractivity contribution >= 4 is 56.8 Å². The summed E-state index contributed by atoms with van der Waals surface area (Å²) in [5, 5.41) is 24.0. The van der Waals surface area contributed by atoms with Crippen molar-refractivity contribution < 1.29 is 34.1 Å². The van der Waals surface area contributed by atoms with Gasteiger partial charge in [0.05, 0.1) is 35.2 Å². The average molecular weight is 688 g/mol. The minimum Gasteiger partial charge on any atom is -0.505 e. The van der Waals surface area contributed by atoms with Gasteiger partial charge in [-0.1, -0.05) is 0 Å². The lowest BCUT2D eigenvalue weighted by Gasteiger charge is -2.28. The molecule has 4 amide bonds.